The van der Waals surface area contributed by atoms with Gasteiger partial charge in [-0.2, -0.15) is 0 Å². The van der Waals surface area contributed by atoms with E-state index in [1.165, 1.54) is 0 Å². The topological polar surface area (TPSA) is 70.6 Å². The van der Waals surface area contributed by atoms with Crippen LogP contribution in [0.2, 0.25) is 0 Å². The van der Waals surface area contributed by atoms with Crippen LogP contribution in [0.1, 0.15) is 0 Å². The number of para-hydroxylation sites is 12. The highest BCUT2D eigenvalue weighted by atomic mass is 31.2. The molecule has 3 aliphatic rings. The zero-order valence-corrected chi connectivity index (χ0v) is 51.3. The lowest BCUT2D eigenvalue weighted by Crippen LogP contribution is -2.26. The largest absolute Gasteiger partial charge is 0.301 e. The van der Waals surface area contributed by atoms with Gasteiger partial charge >= 0.3 is 22.3 Å². The van der Waals surface area contributed by atoms with Crippen molar-refractivity contribution in [1.82, 2.24) is 0 Å². The van der Waals surface area contributed by atoms with Crippen molar-refractivity contribution in [2.24, 2.45) is 0 Å². The van der Waals surface area contributed by atoms with Gasteiger partial charge in [0.2, 0.25) is 0 Å². The van der Waals surface area contributed by atoms with Gasteiger partial charge in [0, 0.05) is 34.1 Å². The fourth-order valence-electron chi connectivity index (χ4n) is 13.2. The molecule has 90 heavy (non-hydrogen) atoms. The van der Waals surface area contributed by atoms with Crippen molar-refractivity contribution in [2.45, 2.75) is 0 Å². The average molecular weight is 1220 g/mol. The first-order valence-electron chi connectivity index (χ1n) is 30.0. The predicted octanol–water partition coefficient (Wildman–Crippen LogP) is 21.1. The van der Waals surface area contributed by atoms with Crippen LogP contribution in [-0.4, -0.2) is 0 Å². The van der Waals surface area contributed by atoms with Gasteiger partial charge in [0.25, 0.3) is 0 Å². The first-order valence-corrected chi connectivity index (χ1v) is 34.8. The van der Waals surface area contributed by atoms with Gasteiger partial charge in [0.15, 0.2) is 0 Å². The summed E-state index contributed by atoms with van der Waals surface area (Å²) < 4.78 is 63.6. The number of nitrogens with zero attached hydrogens (tertiary/aromatic N) is 6. The zero-order chi connectivity index (χ0) is 60.4. The molecule has 0 aromatic heterocycles. The fourth-order valence-corrected chi connectivity index (χ4v) is 22.4. The normalized spacial score (nSPS) is 14.9. The van der Waals surface area contributed by atoms with Gasteiger partial charge in [-0.05, 0) is 197 Å². The minimum atomic E-state index is -3.80. The Labute approximate surface area is 524 Å². The Balaban J connectivity index is 0.907. The Hall–Kier alpha value is -10.7. The van der Waals surface area contributed by atoms with Gasteiger partial charge in [-0.3, -0.25) is 41.7 Å². The summed E-state index contributed by atoms with van der Waals surface area (Å²) in [5.41, 5.74) is 15.0. The maximum Gasteiger partial charge on any atom is 0.301 e. The summed E-state index contributed by atoms with van der Waals surface area (Å²) in [6.07, 6.45) is 0. The van der Waals surface area contributed by atoms with Gasteiger partial charge in [-0.15, -0.1) is 0 Å². The van der Waals surface area contributed by atoms with E-state index in [0.29, 0.717) is 15.9 Å². The Kier molecular flexibility index (Phi) is 13.5. The van der Waals surface area contributed by atoms with E-state index in [4.69, 9.17) is 0 Å². The van der Waals surface area contributed by atoms with Crippen molar-refractivity contribution in [3.05, 3.63) is 346 Å². The van der Waals surface area contributed by atoms with Gasteiger partial charge < -0.3 is 0 Å². The van der Waals surface area contributed by atoms with Crippen molar-refractivity contribution >= 4 is 106 Å². The minimum absolute atomic E-state index is 0.640. The van der Waals surface area contributed by atoms with E-state index in [1.54, 1.807) is 0 Å². The lowest BCUT2D eigenvalue weighted by molar-refractivity contribution is 0.581. The summed E-state index contributed by atoms with van der Waals surface area (Å²) in [6, 6.07) is 115. The third-order valence-electron chi connectivity index (χ3n) is 17.1. The molecule has 0 radical (unpaired) electrons. The van der Waals surface area contributed by atoms with Crippen LogP contribution in [0.5, 0.6) is 0 Å². The third-order valence-corrected chi connectivity index (χ3v) is 25.9. The van der Waals surface area contributed by atoms with Crippen molar-refractivity contribution in [2.75, 3.05) is 28.0 Å². The third kappa shape index (κ3) is 8.80. The molecule has 0 saturated heterocycles. The summed E-state index contributed by atoms with van der Waals surface area (Å²) >= 11 is 0. The molecule has 3 heterocycles. The molecule has 0 N–H and O–H groups in total. The first-order chi connectivity index (χ1) is 44.3. The molecule has 0 unspecified atom stereocenters. The van der Waals surface area contributed by atoms with Crippen molar-refractivity contribution in [3.8, 4) is 33.4 Å². The lowest BCUT2D eigenvalue weighted by Gasteiger charge is -2.33. The number of hydrogen-bond donors (Lipinski definition) is 0. The molecule has 432 valence electrons. The molecule has 13 aromatic rings. The summed E-state index contributed by atoms with van der Waals surface area (Å²) in [4.78, 5) is 0. The fraction of sp³-hybridized carbons (Fsp3) is 0. The summed E-state index contributed by atoms with van der Waals surface area (Å²) in [5.74, 6) is 0. The molecule has 0 bridgehead atoms. The Morgan fingerprint density at radius 2 is 0.344 bits per heavy atom. The van der Waals surface area contributed by atoms with E-state index in [1.807, 2.05) is 319 Å². The molecule has 0 saturated carbocycles. The van der Waals surface area contributed by atoms with Crippen LogP contribution in [0.15, 0.2) is 346 Å². The van der Waals surface area contributed by atoms with Crippen LogP contribution < -0.4 is 43.9 Å². The SMILES string of the molecule is O=P1(c2cccc(-c3cc(-c4cccc(P5(=O)N(c6ccccc6)c6ccccc6N5c5ccccc5)c4)cc(-c4cccc(P5(=O)N(c6ccccc6)c6ccccc6N5c5ccccc5)c4)c3)c2)N(c2ccccc2)c2ccccc2N1c1ccccc1. The van der Waals surface area contributed by atoms with Crippen LogP contribution in [0.25, 0.3) is 33.4 Å². The highest BCUT2D eigenvalue weighted by molar-refractivity contribution is 7.77. The maximum absolute atomic E-state index is 17.1. The Morgan fingerprint density at radius 3 is 0.533 bits per heavy atom. The standard InChI is InChI=1S/C78H57N6O3P3/c85-88(79(64-31-7-1-8-32-64)73-46-19-20-47-74(73)80(88)65-33-9-2-10-34-65)70-43-25-28-58(55-70)61-52-62(59-29-26-44-71(56-59)89(86)81(66-35-11-3-12-36-66)75-48-21-22-49-76(75)82(89)67-37-13-4-14-38-67)54-63(53-61)60-30-27-45-72(57-60)90(87)83(68-39-15-5-16-40-68)77-50-23-24-51-78(77)84(90)69-41-17-6-18-42-69/h1-57H. The maximum atomic E-state index is 17.1. The quantitative estimate of drug-likeness (QED) is 0.111. The lowest BCUT2D eigenvalue weighted by atomic mass is 9.93. The predicted molar refractivity (Wildman–Crippen MR) is 375 cm³/mol. The van der Waals surface area contributed by atoms with Gasteiger partial charge in [0.1, 0.15) is 0 Å². The number of hydrogen-bond acceptors (Lipinski definition) is 3. The van der Waals surface area contributed by atoms with Crippen molar-refractivity contribution < 1.29 is 13.7 Å². The number of fused-ring (bicyclic) bond motifs is 3. The first kappa shape index (κ1) is 54.7. The molecule has 0 aliphatic carbocycles. The number of benzene rings is 13. The molecular formula is C78H57N6O3P3. The second-order valence-electron chi connectivity index (χ2n) is 22.4. The van der Waals surface area contributed by atoms with Crippen LogP contribution in [-0.2, 0) is 13.7 Å². The molecule has 12 heteroatoms. The highest BCUT2D eigenvalue weighted by Crippen LogP contribution is 2.73. The van der Waals surface area contributed by atoms with Gasteiger partial charge in [-0.25, -0.2) is 0 Å². The van der Waals surface area contributed by atoms with Crippen LogP contribution >= 0.6 is 22.3 Å². The van der Waals surface area contributed by atoms with Crippen molar-refractivity contribution in [3.63, 3.8) is 0 Å². The zero-order valence-electron chi connectivity index (χ0n) is 48.7. The van der Waals surface area contributed by atoms with Gasteiger partial charge in [-0.1, -0.05) is 182 Å². The Bertz CT molecular complexity index is 4280. The van der Waals surface area contributed by atoms with E-state index >= 15 is 13.7 Å². The molecule has 0 fully saturated rings. The molecular weight excluding hydrogens is 1160 g/mol. The van der Waals surface area contributed by atoms with E-state index < -0.39 is 22.3 Å². The summed E-state index contributed by atoms with van der Waals surface area (Å²) in [6.45, 7) is 0. The smallest absolute Gasteiger partial charge is 0.270 e. The average Bonchev–Trinajstić information content (AvgIpc) is 1.57. The molecule has 0 atom stereocenters. The Morgan fingerprint density at radius 1 is 0.167 bits per heavy atom. The molecule has 13 aromatic carbocycles. The molecule has 0 amide bonds. The van der Waals surface area contributed by atoms with E-state index in [2.05, 4.69) is 54.6 Å². The highest BCUT2D eigenvalue weighted by Gasteiger charge is 2.52. The summed E-state index contributed by atoms with van der Waals surface area (Å²) in [7, 11) is -11.4. The molecule has 3 aliphatic heterocycles. The van der Waals surface area contributed by atoms with Crippen LogP contribution in [0.4, 0.5) is 68.2 Å². The molecule has 9 nitrogen and oxygen atoms in total. The molecule has 16 rings (SSSR count). The van der Waals surface area contributed by atoms with Crippen LogP contribution in [0.3, 0.4) is 0 Å². The minimum Gasteiger partial charge on any atom is -0.270 e. The van der Waals surface area contributed by atoms with Crippen LogP contribution in [0, 0.1) is 0 Å². The summed E-state index contributed by atoms with van der Waals surface area (Å²) in [5, 5.41) is 1.92. The van der Waals surface area contributed by atoms with Gasteiger partial charge in [0.05, 0.1) is 50.0 Å². The van der Waals surface area contributed by atoms with E-state index in [0.717, 1.165) is 102 Å². The monoisotopic (exact) mass is 1220 g/mol. The molecule has 0 spiro atoms. The number of anilines is 12. The van der Waals surface area contributed by atoms with Crippen molar-refractivity contribution in [1.29, 1.82) is 0 Å². The van der Waals surface area contributed by atoms with E-state index in [9.17, 15) is 0 Å². The van der Waals surface area contributed by atoms with E-state index in [-0.39, 0.29) is 0 Å². The second kappa shape index (κ2) is 22.2. The number of rotatable bonds is 12. The second-order valence-corrected chi connectivity index (χ2v) is 29.6.